The molecule has 1 saturated heterocycles. The average Bonchev–Trinajstić information content (AvgIpc) is 2.77. The summed E-state index contributed by atoms with van der Waals surface area (Å²) in [6.07, 6.45) is -4.16. The van der Waals surface area contributed by atoms with E-state index in [4.69, 9.17) is 4.74 Å². The Hall–Kier alpha value is -2.45. The first-order valence-electron chi connectivity index (χ1n) is 11.2. The molecular formula is C24H28F6N2O. The molecule has 3 nitrogen and oxygen atoms in total. The molecule has 1 aliphatic heterocycles. The van der Waals surface area contributed by atoms with Crippen molar-refractivity contribution in [3.05, 3.63) is 53.2 Å². The first-order chi connectivity index (χ1) is 15.5. The van der Waals surface area contributed by atoms with Gasteiger partial charge in [0.25, 0.3) is 0 Å². The van der Waals surface area contributed by atoms with Crippen LogP contribution in [0.1, 0.15) is 62.6 Å². The maximum atomic E-state index is 13.2. The van der Waals surface area contributed by atoms with Gasteiger partial charge < -0.3 is 9.64 Å². The Morgan fingerprint density at radius 1 is 1.00 bits per heavy atom. The van der Waals surface area contributed by atoms with E-state index in [0.717, 1.165) is 37.6 Å². The summed E-state index contributed by atoms with van der Waals surface area (Å²) in [6, 6.07) is 6.03. The number of benzene rings is 1. The van der Waals surface area contributed by atoms with Crippen LogP contribution in [0.3, 0.4) is 0 Å². The van der Waals surface area contributed by atoms with Gasteiger partial charge in [-0.3, -0.25) is 0 Å². The minimum Gasteiger partial charge on any atom is -0.490 e. The maximum absolute atomic E-state index is 13.2. The van der Waals surface area contributed by atoms with E-state index in [9.17, 15) is 26.3 Å². The molecule has 2 atom stereocenters. The van der Waals surface area contributed by atoms with Gasteiger partial charge in [-0.25, -0.2) is 4.98 Å². The lowest BCUT2D eigenvalue weighted by Gasteiger charge is -2.40. The van der Waals surface area contributed by atoms with Crippen molar-refractivity contribution in [1.29, 1.82) is 0 Å². The van der Waals surface area contributed by atoms with Crippen LogP contribution in [0, 0.1) is 0 Å². The van der Waals surface area contributed by atoms with E-state index in [1.165, 1.54) is 18.2 Å². The van der Waals surface area contributed by atoms with Gasteiger partial charge in [-0.2, -0.15) is 26.3 Å². The highest BCUT2D eigenvalue weighted by Crippen LogP contribution is 2.35. The van der Waals surface area contributed by atoms with E-state index in [1.807, 2.05) is 18.7 Å². The van der Waals surface area contributed by atoms with E-state index in [2.05, 4.69) is 4.98 Å². The minimum absolute atomic E-state index is 0.00141. The second kappa shape index (κ2) is 10.2. The van der Waals surface area contributed by atoms with Gasteiger partial charge in [0, 0.05) is 31.6 Å². The highest BCUT2D eigenvalue weighted by Gasteiger charge is 2.34. The standard InChI is InChI=1S/C24H28F6N2O/c1-3-5-6-16-13-17(23(25,26)27)7-9-21(16)33-20-11-12-32(19(4-2)14-20)22-10-8-18(15-31-22)24(28,29)30/h7-10,13,15,19-20H,3-6,11-12,14H2,1-2H3/t19-,20-/m0/s1. The molecule has 0 N–H and O–H groups in total. The van der Waals surface area contributed by atoms with Crippen LogP contribution in [0.5, 0.6) is 5.75 Å². The fraction of sp³-hybridized carbons (Fsp3) is 0.542. The number of rotatable bonds is 7. The molecule has 0 bridgehead atoms. The summed E-state index contributed by atoms with van der Waals surface area (Å²) >= 11 is 0. The summed E-state index contributed by atoms with van der Waals surface area (Å²) in [5.74, 6) is 0.948. The van der Waals surface area contributed by atoms with Crippen molar-refractivity contribution >= 4 is 5.82 Å². The molecule has 3 rings (SSSR count). The molecule has 1 fully saturated rings. The van der Waals surface area contributed by atoms with Crippen LogP contribution in [0.15, 0.2) is 36.5 Å². The lowest BCUT2D eigenvalue weighted by molar-refractivity contribution is -0.138. The third-order valence-corrected chi connectivity index (χ3v) is 5.99. The number of pyridine rings is 1. The zero-order valence-electron chi connectivity index (χ0n) is 18.6. The number of nitrogens with zero attached hydrogens (tertiary/aromatic N) is 2. The van der Waals surface area contributed by atoms with Crippen LogP contribution < -0.4 is 9.64 Å². The quantitative estimate of drug-likeness (QED) is 0.394. The fourth-order valence-corrected chi connectivity index (χ4v) is 4.15. The lowest BCUT2D eigenvalue weighted by Crippen LogP contribution is -2.46. The molecule has 2 aromatic rings. The van der Waals surface area contributed by atoms with Crippen molar-refractivity contribution in [2.75, 3.05) is 11.4 Å². The number of alkyl halides is 6. The molecule has 182 valence electrons. The van der Waals surface area contributed by atoms with Crippen LogP contribution in [0.25, 0.3) is 0 Å². The number of unbranched alkanes of at least 4 members (excludes halogenated alkanes) is 1. The molecule has 0 spiro atoms. The summed E-state index contributed by atoms with van der Waals surface area (Å²) in [4.78, 5) is 5.99. The van der Waals surface area contributed by atoms with Crippen LogP contribution in [-0.2, 0) is 18.8 Å². The molecule has 0 unspecified atom stereocenters. The SMILES string of the molecule is CCCCc1cc(C(F)(F)F)ccc1O[C@H]1CCN(c2ccc(C(F)(F)F)cn2)[C@@H](CC)C1. The Bertz CT molecular complexity index is 911. The number of aromatic nitrogens is 1. The molecule has 9 heteroatoms. The number of hydrogen-bond acceptors (Lipinski definition) is 3. The maximum Gasteiger partial charge on any atom is 0.417 e. The van der Waals surface area contributed by atoms with Gasteiger partial charge in [-0.15, -0.1) is 0 Å². The van der Waals surface area contributed by atoms with Crippen molar-refractivity contribution in [1.82, 2.24) is 4.98 Å². The van der Waals surface area contributed by atoms with Crippen LogP contribution >= 0.6 is 0 Å². The molecule has 0 amide bonds. The van der Waals surface area contributed by atoms with Crippen LogP contribution in [-0.4, -0.2) is 23.7 Å². The third-order valence-electron chi connectivity index (χ3n) is 5.99. The number of halogens is 6. The molecule has 2 heterocycles. The zero-order valence-corrected chi connectivity index (χ0v) is 18.6. The van der Waals surface area contributed by atoms with E-state index >= 15 is 0 Å². The van der Waals surface area contributed by atoms with Gasteiger partial charge in [-0.05, 0) is 55.2 Å². The van der Waals surface area contributed by atoms with Gasteiger partial charge in [0.1, 0.15) is 17.7 Å². The lowest BCUT2D eigenvalue weighted by atomic mass is 9.96. The predicted molar refractivity (Wildman–Crippen MR) is 114 cm³/mol. The number of anilines is 1. The van der Waals surface area contributed by atoms with E-state index in [-0.39, 0.29) is 12.1 Å². The van der Waals surface area contributed by atoms with E-state index < -0.39 is 23.5 Å². The molecule has 1 aromatic heterocycles. The largest absolute Gasteiger partial charge is 0.490 e. The molecule has 1 aliphatic rings. The van der Waals surface area contributed by atoms with Gasteiger partial charge in [0.05, 0.1) is 11.1 Å². The van der Waals surface area contributed by atoms with Gasteiger partial charge >= 0.3 is 12.4 Å². The molecule has 0 radical (unpaired) electrons. The molecular weight excluding hydrogens is 446 g/mol. The second-order valence-electron chi connectivity index (χ2n) is 8.35. The summed E-state index contributed by atoms with van der Waals surface area (Å²) in [7, 11) is 0. The van der Waals surface area contributed by atoms with Crippen molar-refractivity contribution in [3.8, 4) is 5.75 Å². The van der Waals surface area contributed by atoms with E-state index in [1.54, 1.807) is 0 Å². The van der Waals surface area contributed by atoms with Crippen molar-refractivity contribution in [3.63, 3.8) is 0 Å². The van der Waals surface area contributed by atoms with Crippen LogP contribution in [0.4, 0.5) is 32.2 Å². The minimum atomic E-state index is -4.44. The normalized spacial score (nSPS) is 19.6. The number of hydrogen-bond donors (Lipinski definition) is 0. The third kappa shape index (κ3) is 6.32. The molecule has 0 aliphatic carbocycles. The zero-order chi connectivity index (χ0) is 24.2. The molecule has 33 heavy (non-hydrogen) atoms. The number of piperidine rings is 1. The highest BCUT2D eigenvalue weighted by molar-refractivity contribution is 5.42. The fourth-order valence-electron chi connectivity index (χ4n) is 4.15. The Labute approximate surface area is 189 Å². The number of ether oxygens (including phenoxy) is 1. The monoisotopic (exact) mass is 474 g/mol. The van der Waals surface area contributed by atoms with Gasteiger partial charge in [-0.1, -0.05) is 20.3 Å². The van der Waals surface area contributed by atoms with Crippen LogP contribution in [0.2, 0.25) is 0 Å². The number of aryl methyl sites for hydroxylation is 1. The van der Waals surface area contributed by atoms with Gasteiger partial charge in [0.15, 0.2) is 0 Å². The smallest absolute Gasteiger partial charge is 0.417 e. The molecule has 1 aromatic carbocycles. The summed E-state index contributed by atoms with van der Waals surface area (Å²) in [5, 5.41) is 0. The van der Waals surface area contributed by atoms with Crippen molar-refractivity contribution < 1.29 is 31.1 Å². The second-order valence-corrected chi connectivity index (χ2v) is 8.35. The molecule has 0 saturated carbocycles. The first-order valence-corrected chi connectivity index (χ1v) is 11.2. The van der Waals surface area contributed by atoms with Crippen molar-refractivity contribution in [2.24, 2.45) is 0 Å². The summed E-state index contributed by atoms with van der Waals surface area (Å²) in [5.41, 5.74) is -0.929. The van der Waals surface area contributed by atoms with Gasteiger partial charge in [0.2, 0.25) is 0 Å². The average molecular weight is 474 g/mol. The summed E-state index contributed by atoms with van der Waals surface area (Å²) in [6.45, 7) is 4.49. The highest BCUT2D eigenvalue weighted by atomic mass is 19.4. The Morgan fingerprint density at radius 3 is 2.27 bits per heavy atom. The van der Waals surface area contributed by atoms with E-state index in [0.29, 0.717) is 42.9 Å². The predicted octanol–water partition coefficient (Wildman–Crippen LogP) is 7.29. The topological polar surface area (TPSA) is 25.4 Å². The summed E-state index contributed by atoms with van der Waals surface area (Å²) < 4.78 is 84.1. The Kier molecular flexibility index (Phi) is 7.80. The van der Waals surface area contributed by atoms with Crippen molar-refractivity contribution in [2.45, 2.75) is 76.9 Å². The Balaban J connectivity index is 1.73. The first kappa shape index (κ1) is 25.2. The Morgan fingerprint density at radius 2 is 1.70 bits per heavy atom.